The first-order chi connectivity index (χ1) is 13.4. The lowest BCUT2D eigenvalue weighted by atomic mass is 10.2. The molecule has 1 N–H and O–H groups in total. The molecule has 0 aliphatic carbocycles. The molecule has 0 unspecified atom stereocenters. The lowest BCUT2D eigenvalue weighted by molar-refractivity contribution is -0.116. The number of benzene rings is 2. The van der Waals surface area contributed by atoms with E-state index in [1.54, 1.807) is 41.3 Å². The molecule has 1 fully saturated rings. The average molecular weight is 402 g/mol. The Morgan fingerprint density at radius 1 is 1.11 bits per heavy atom. The summed E-state index contributed by atoms with van der Waals surface area (Å²) < 4.78 is 26.6. The van der Waals surface area contributed by atoms with Crippen LogP contribution in [0.1, 0.15) is 20.3 Å². The predicted molar refractivity (Wildman–Crippen MR) is 112 cm³/mol. The van der Waals surface area contributed by atoms with Crippen LogP contribution in [0, 0.1) is 0 Å². The highest BCUT2D eigenvalue weighted by molar-refractivity contribution is 7.91. The van der Waals surface area contributed by atoms with Gasteiger partial charge in [-0.1, -0.05) is 25.1 Å². The van der Waals surface area contributed by atoms with Gasteiger partial charge in [0.25, 0.3) is 0 Å². The summed E-state index contributed by atoms with van der Waals surface area (Å²) in [6.45, 7) is 7.37. The summed E-state index contributed by atoms with van der Waals surface area (Å²) in [5.41, 5.74) is 1.39. The molecule has 6 nitrogen and oxygen atoms in total. The normalized spacial score (nSPS) is 14.7. The topological polar surface area (TPSA) is 69.7 Å². The summed E-state index contributed by atoms with van der Waals surface area (Å²) in [6.07, 6.45) is 0.738. The molecule has 3 rings (SSSR count). The Labute approximate surface area is 167 Å². The molecule has 1 saturated heterocycles. The molecule has 28 heavy (non-hydrogen) atoms. The Kier molecular flexibility index (Phi) is 6.36. The molecule has 2 aromatic rings. The summed E-state index contributed by atoms with van der Waals surface area (Å²) in [6, 6.07) is 13.7. The highest BCUT2D eigenvalue weighted by Gasteiger charge is 2.26. The lowest BCUT2D eigenvalue weighted by Gasteiger charge is -2.31. The zero-order chi connectivity index (χ0) is 20.1. The number of rotatable bonds is 6. The van der Waals surface area contributed by atoms with Crippen LogP contribution in [0.4, 0.5) is 11.4 Å². The van der Waals surface area contributed by atoms with Crippen molar-refractivity contribution in [3.8, 4) is 0 Å². The number of hydrogen-bond donors (Lipinski definition) is 1. The van der Waals surface area contributed by atoms with Gasteiger partial charge in [0.05, 0.1) is 15.5 Å². The van der Waals surface area contributed by atoms with Gasteiger partial charge in [-0.3, -0.25) is 4.79 Å². The molecule has 1 aliphatic rings. The van der Waals surface area contributed by atoms with Crippen LogP contribution in [0.25, 0.3) is 0 Å². The zero-order valence-electron chi connectivity index (χ0n) is 16.4. The average Bonchev–Trinajstić information content (AvgIpc) is 2.72. The molecule has 0 saturated carbocycles. The molecule has 0 spiro atoms. The van der Waals surface area contributed by atoms with Gasteiger partial charge >= 0.3 is 0 Å². The highest BCUT2D eigenvalue weighted by atomic mass is 32.2. The number of hydrogen-bond acceptors (Lipinski definition) is 5. The van der Waals surface area contributed by atoms with Crippen LogP contribution < -0.4 is 15.1 Å². The van der Waals surface area contributed by atoms with Crippen molar-refractivity contribution in [1.82, 2.24) is 5.32 Å². The van der Waals surface area contributed by atoms with Crippen molar-refractivity contribution in [1.29, 1.82) is 0 Å². The molecule has 0 atom stereocenters. The molecule has 0 bridgehead atoms. The van der Waals surface area contributed by atoms with Gasteiger partial charge in [-0.05, 0) is 36.8 Å². The van der Waals surface area contributed by atoms with E-state index in [9.17, 15) is 13.2 Å². The molecular weight excluding hydrogens is 374 g/mol. The number of nitrogens with one attached hydrogen (secondary N) is 1. The Morgan fingerprint density at radius 2 is 1.79 bits per heavy atom. The van der Waals surface area contributed by atoms with Gasteiger partial charge in [0, 0.05) is 45.3 Å². The molecule has 0 radical (unpaired) electrons. The van der Waals surface area contributed by atoms with E-state index >= 15 is 0 Å². The maximum absolute atomic E-state index is 13.3. The van der Waals surface area contributed by atoms with Crippen LogP contribution in [-0.4, -0.2) is 47.0 Å². The number of carbonyl (C=O) groups excluding carboxylic acids is 1. The van der Waals surface area contributed by atoms with E-state index in [0.717, 1.165) is 38.3 Å². The van der Waals surface area contributed by atoms with E-state index < -0.39 is 9.84 Å². The second kappa shape index (κ2) is 8.75. The number of amides is 1. The van der Waals surface area contributed by atoms with Crippen LogP contribution in [-0.2, 0) is 14.6 Å². The third-order valence-corrected chi connectivity index (χ3v) is 6.70. The van der Waals surface area contributed by atoms with Gasteiger partial charge in [0.15, 0.2) is 0 Å². The first-order valence-corrected chi connectivity index (χ1v) is 11.1. The first kappa shape index (κ1) is 20.4. The van der Waals surface area contributed by atoms with Crippen molar-refractivity contribution in [2.45, 2.75) is 30.1 Å². The fourth-order valence-electron chi connectivity index (χ4n) is 3.46. The van der Waals surface area contributed by atoms with Gasteiger partial charge in [-0.2, -0.15) is 0 Å². The van der Waals surface area contributed by atoms with E-state index in [1.807, 2.05) is 19.1 Å². The number of piperazine rings is 1. The molecule has 7 heteroatoms. The second-order valence-corrected chi connectivity index (χ2v) is 8.79. The smallest absolute Gasteiger partial charge is 0.223 e. The van der Waals surface area contributed by atoms with Crippen molar-refractivity contribution in [3.63, 3.8) is 0 Å². The summed E-state index contributed by atoms with van der Waals surface area (Å²) in [4.78, 5) is 16.5. The van der Waals surface area contributed by atoms with Gasteiger partial charge < -0.3 is 15.1 Å². The summed E-state index contributed by atoms with van der Waals surface area (Å²) in [7, 11) is -3.74. The lowest BCUT2D eigenvalue weighted by Crippen LogP contribution is -2.43. The second-order valence-electron chi connectivity index (χ2n) is 6.88. The SMILES string of the molecule is CCCN(C(C)=O)c1cc(N2CCNCC2)ccc1S(=O)(=O)c1ccccc1. The van der Waals surface area contributed by atoms with Crippen molar-refractivity contribution in [2.75, 3.05) is 42.5 Å². The van der Waals surface area contributed by atoms with Crippen molar-refractivity contribution in [3.05, 3.63) is 48.5 Å². The fraction of sp³-hybridized carbons (Fsp3) is 0.381. The summed E-state index contributed by atoms with van der Waals surface area (Å²) in [5.74, 6) is -0.163. The minimum Gasteiger partial charge on any atom is -0.369 e. The fourth-order valence-corrected chi connectivity index (χ4v) is 4.92. The van der Waals surface area contributed by atoms with E-state index in [0.29, 0.717) is 12.2 Å². The standard InChI is InChI=1S/C21H27N3O3S/c1-3-13-24(17(2)25)20-16-18(23-14-11-22-12-15-23)9-10-21(20)28(26,27)19-7-5-4-6-8-19/h4-10,16,22H,3,11-15H2,1-2H3. The van der Waals surface area contributed by atoms with Crippen LogP contribution in [0.2, 0.25) is 0 Å². The van der Waals surface area contributed by atoms with Crippen LogP contribution in [0.3, 0.4) is 0 Å². The highest BCUT2D eigenvalue weighted by Crippen LogP contribution is 2.34. The van der Waals surface area contributed by atoms with E-state index in [4.69, 9.17) is 0 Å². The monoisotopic (exact) mass is 401 g/mol. The number of anilines is 2. The molecule has 1 amide bonds. The van der Waals surface area contributed by atoms with Gasteiger partial charge in [-0.25, -0.2) is 8.42 Å². The molecule has 150 valence electrons. The summed E-state index contributed by atoms with van der Waals surface area (Å²) >= 11 is 0. The molecule has 1 aliphatic heterocycles. The first-order valence-electron chi connectivity index (χ1n) is 9.63. The molecule has 2 aromatic carbocycles. The quantitative estimate of drug-likeness (QED) is 0.806. The van der Waals surface area contributed by atoms with Gasteiger partial charge in [-0.15, -0.1) is 0 Å². The molecule has 1 heterocycles. The van der Waals surface area contributed by atoms with E-state index in [-0.39, 0.29) is 15.7 Å². The van der Waals surface area contributed by atoms with Crippen LogP contribution in [0.15, 0.2) is 58.3 Å². The third kappa shape index (κ3) is 4.20. The van der Waals surface area contributed by atoms with Crippen LogP contribution in [0.5, 0.6) is 0 Å². The molecule has 0 aromatic heterocycles. The predicted octanol–water partition coefficient (Wildman–Crippen LogP) is 2.69. The van der Waals surface area contributed by atoms with Crippen LogP contribution >= 0.6 is 0 Å². The minimum atomic E-state index is -3.74. The zero-order valence-corrected chi connectivity index (χ0v) is 17.2. The Balaban J connectivity index is 2.14. The Morgan fingerprint density at radius 3 is 2.39 bits per heavy atom. The minimum absolute atomic E-state index is 0.163. The number of sulfone groups is 1. The van der Waals surface area contributed by atoms with Crippen molar-refractivity contribution in [2.24, 2.45) is 0 Å². The number of carbonyl (C=O) groups is 1. The maximum Gasteiger partial charge on any atom is 0.223 e. The molecular formula is C21H27N3O3S. The summed E-state index contributed by atoms with van der Waals surface area (Å²) in [5, 5.41) is 3.32. The van der Waals surface area contributed by atoms with Gasteiger partial charge in [0.2, 0.25) is 15.7 Å². The Hall–Kier alpha value is -2.38. The third-order valence-electron chi connectivity index (χ3n) is 4.89. The Bertz CT molecular complexity index is 923. The maximum atomic E-state index is 13.3. The van der Waals surface area contributed by atoms with E-state index in [1.165, 1.54) is 6.92 Å². The van der Waals surface area contributed by atoms with E-state index in [2.05, 4.69) is 10.2 Å². The largest absolute Gasteiger partial charge is 0.369 e. The number of nitrogens with zero attached hydrogens (tertiary/aromatic N) is 2. The van der Waals surface area contributed by atoms with Crippen molar-refractivity contribution >= 4 is 27.1 Å². The van der Waals surface area contributed by atoms with Gasteiger partial charge in [0.1, 0.15) is 0 Å². The van der Waals surface area contributed by atoms with Crippen molar-refractivity contribution < 1.29 is 13.2 Å².